The van der Waals surface area contributed by atoms with Gasteiger partial charge in [0, 0.05) is 23.9 Å². The van der Waals surface area contributed by atoms with E-state index in [1.165, 1.54) is 8.66 Å². The molecule has 0 spiro atoms. The summed E-state index contributed by atoms with van der Waals surface area (Å²) in [5.41, 5.74) is 0. The van der Waals surface area contributed by atoms with Gasteiger partial charge in [0.1, 0.15) is 0 Å². The summed E-state index contributed by atoms with van der Waals surface area (Å²) in [6, 6.07) is 4.19. The Bertz CT molecular complexity index is 289. The topological polar surface area (TPSA) is 32.3 Å². The van der Waals surface area contributed by atoms with Gasteiger partial charge >= 0.3 is 0 Å². The molecule has 2 heterocycles. The lowest BCUT2D eigenvalue weighted by molar-refractivity contribution is 0.148. The first-order chi connectivity index (χ1) is 6.25. The normalized spacial score (nSPS) is 28.2. The average molecular weight is 262 g/mol. The predicted molar refractivity (Wildman–Crippen MR) is 58.1 cm³/mol. The molecule has 0 radical (unpaired) electrons. The van der Waals surface area contributed by atoms with Crippen LogP contribution in [0.2, 0.25) is 0 Å². The molecule has 2 atom stereocenters. The quantitative estimate of drug-likeness (QED) is 0.849. The molecule has 1 aromatic heterocycles. The Hall–Kier alpha value is 0.1000. The Balaban J connectivity index is 1.97. The Morgan fingerprint density at radius 1 is 1.54 bits per heavy atom. The van der Waals surface area contributed by atoms with Crippen LogP contribution in [0.25, 0.3) is 0 Å². The van der Waals surface area contributed by atoms with E-state index in [-0.39, 0.29) is 6.10 Å². The second-order valence-electron chi connectivity index (χ2n) is 3.40. The van der Waals surface area contributed by atoms with E-state index >= 15 is 0 Å². The SMILES string of the molecule is OC1CNCC1Cc1ccc(Br)s1. The van der Waals surface area contributed by atoms with Crippen molar-refractivity contribution in [3.8, 4) is 0 Å². The van der Waals surface area contributed by atoms with Crippen molar-refractivity contribution in [1.82, 2.24) is 5.32 Å². The fourth-order valence-electron chi connectivity index (χ4n) is 1.65. The first-order valence-electron chi connectivity index (χ1n) is 4.38. The summed E-state index contributed by atoms with van der Waals surface area (Å²) < 4.78 is 1.17. The largest absolute Gasteiger partial charge is 0.391 e. The van der Waals surface area contributed by atoms with Gasteiger partial charge in [-0.2, -0.15) is 0 Å². The first-order valence-corrected chi connectivity index (χ1v) is 5.99. The zero-order chi connectivity index (χ0) is 9.26. The van der Waals surface area contributed by atoms with Crippen molar-refractivity contribution < 1.29 is 5.11 Å². The standard InChI is InChI=1S/C9H12BrNOS/c10-9-2-1-7(13-9)3-6-4-11-5-8(6)12/h1-2,6,8,11-12H,3-5H2. The van der Waals surface area contributed by atoms with Crippen LogP contribution in [-0.4, -0.2) is 24.3 Å². The average Bonchev–Trinajstić information content (AvgIpc) is 2.64. The number of halogens is 1. The Kier molecular flexibility index (Phi) is 3.03. The second-order valence-corrected chi connectivity index (χ2v) is 5.94. The second kappa shape index (κ2) is 4.09. The number of rotatable bonds is 2. The smallest absolute Gasteiger partial charge is 0.0708 e. The van der Waals surface area contributed by atoms with Crippen LogP contribution < -0.4 is 5.32 Å². The number of β-amino-alcohol motifs (C(OH)–C–C–N with tert-alkyl or cyclic N) is 1. The van der Waals surface area contributed by atoms with Gasteiger partial charge in [0.2, 0.25) is 0 Å². The fraction of sp³-hybridized carbons (Fsp3) is 0.556. The monoisotopic (exact) mass is 261 g/mol. The minimum absolute atomic E-state index is 0.166. The molecule has 0 aromatic carbocycles. The highest BCUT2D eigenvalue weighted by Crippen LogP contribution is 2.26. The van der Waals surface area contributed by atoms with E-state index < -0.39 is 0 Å². The van der Waals surface area contributed by atoms with Crippen LogP contribution in [-0.2, 0) is 6.42 Å². The summed E-state index contributed by atoms with van der Waals surface area (Å²) in [5, 5.41) is 12.8. The molecule has 2 nitrogen and oxygen atoms in total. The molecule has 0 saturated carbocycles. The lowest BCUT2D eigenvalue weighted by Gasteiger charge is -2.10. The zero-order valence-corrected chi connectivity index (χ0v) is 9.57. The Morgan fingerprint density at radius 3 is 2.92 bits per heavy atom. The molecule has 2 unspecified atom stereocenters. The lowest BCUT2D eigenvalue weighted by Crippen LogP contribution is -2.19. The van der Waals surface area contributed by atoms with Crippen molar-refractivity contribution in [3.05, 3.63) is 20.8 Å². The predicted octanol–water partition coefficient (Wildman–Crippen LogP) is 1.63. The summed E-state index contributed by atoms with van der Waals surface area (Å²) in [6.07, 6.45) is 0.825. The molecular weight excluding hydrogens is 250 g/mol. The van der Waals surface area contributed by atoms with Gasteiger partial charge in [-0.1, -0.05) is 0 Å². The third-order valence-corrected chi connectivity index (χ3v) is 4.04. The van der Waals surface area contributed by atoms with Gasteiger partial charge in [-0.25, -0.2) is 0 Å². The molecular formula is C9H12BrNOS. The molecule has 13 heavy (non-hydrogen) atoms. The minimum atomic E-state index is -0.166. The minimum Gasteiger partial charge on any atom is -0.391 e. The van der Waals surface area contributed by atoms with Crippen LogP contribution in [0.1, 0.15) is 4.88 Å². The highest BCUT2D eigenvalue weighted by molar-refractivity contribution is 9.11. The van der Waals surface area contributed by atoms with Crippen molar-refractivity contribution in [1.29, 1.82) is 0 Å². The maximum Gasteiger partial charge on any atom is 0.0708 e. The maximum absolute atomic E-state index is 9.59. The highest BCUT2D eigenvalue weighted by Gasteiger charge is 2.25. The van der Waals surface area contributed by atoms with E-state index in [9.17, 15) is 5.11 Å². The van der Waals surface area contributed by atoms with Crippen LogP contribution >= 0.6 is 27.3 Å². The van der Waals surface area contributed by atoms with E-state index in [2.05, 4.69) is 33.4 Å². The Morgan fingerprint density at radius 2 is 2.38 bits per heavy atom. The molecule has 2 N–H and O–H groups in total. The number of hydrogen-bond acceptors (Lipinski definition) is 3. The van der Waals surface area contributed by atoms with Gasteiger partial charge < -0.3 is 10.4 Å². The van der Waals surface area contributed by atoms with Crippen LogP contribution in [0.5, 0.6) is 0 Å². The van der Waals surface area contributed by atoms with E-state index in [1.54, 1.807) is 11.3 Å². The number of thiophene rings is 1. The van der Waals surface area contributed by atoms with Crippen molar-refractivity contribution in [3.63, 3.8) is 0 Å². The summed E-state index contributed by atoms with van der Waals surface area (Å²) >= 11 is 5.19. The molecule has 0 aliphatic carbocycles. The van der Waals surface area contributed by atoms with Gasteiger partial charge in [0.25, 0.3) is 0 Å². The highest BCUT2D eigenvalue weighted by atomic mass is 79.9. The van der Waals surface area contributed by atoms with E-state index in [1.807, 2.05) is 0 Å². The fourth-order valence-corrected chi connectivity index (χ4v) is 3.22. The number of hydrogen-bond donors (Lipinski definition) is 2. The van der Waals surface area contributed by atoms with E-state index in [0.29, 0.717) is 5.92 Å². The van der Waals surface area contributed by atoms with E-state index in [4.69, 9.17) is 0 Å². The van der Waals surface area contributed by atoms with Crippen LogP contribution in [0, 0.1) is 5.92 Å². The van der Waals surface area contributed by atoms with Crippen LogP contribution in [0.15, 0.2) is 15.9 Å². The van der Waals surface area contributed by atoms with Crippen molar-refractivity contribution in [2.45, 2.75) is 12.5 Å². The molecule has 1 saturated heterocycles. The van der Waals surface area contributed by atoms with Gasteiger partial charge in [-0.05, 0) is 34.5 Å². The van der Waals surface area contributed by atoms with Gasteiger partial charge in [-0.15, -0.1) is 11.3 Å². The zero-order valence-electron chi connectivity index (χ0n) is 7.16. The van der Waals surface area contributed by atoms with Gasteiger partial charge in [0.05, 0.1) is 9.89 Å². The van der Waals surface area contributed by atoms with Crippen LogP contribution in [0.3, 0.4) is 0 Å². The lowest BCUT2D eigenvalue weighted by atomic mass is 10.0. The number of aliphatic hydroxyl groups excluding tert-OH is 1. The van der Waals surface area contributed by atoms with Crippen molar-refractivity contribution in [2.75, 3.05) is 13.1 Å². The molecule has 1 aliphatic rings. The third kappa shape index (κ3) is 2.31. The molecule has 0 amide bonds. The number of aliphatic hydroxyl groups is 1. The molecule has 1 aliphatic heterocycles. The summed E-state index contributed by atoms with van der Waals surface area (Å²) in [6.45, 7) is 1.69. The molecule has 2 rings (SSSR count). The molecule has 72 valence electrons. The van der Waals surface area contributed by atoms with E-state index in [0.717, 1.165) is 19.5 Å². The van der Waals surface area contributed by atoms with Gasteiger partial charge in [0.15, 0.2) is 0 Å². The summed E-state index contributed by atoms with van der Waals surface area (Å²) in [4.78, 5) is 1.35. The Labute approximate surface area is 90.1 Å². The van der Waals surface area contributed by atoms with Crippen molar-refractivity contribution in [2.24, 2.45) is 5.92 Å². The maximum atomic E-state index is 9.59. The summed E-state index contributed by atoms with van der Waals surface area (Å²) in [5.74, 6) is 0.394. The van der Waals surface area contributed by atoms with Crippen LogP contribution in [0.4, 0.5) is 0 Å². The molecule has 0 bridgehead atoms. The summed E-state index contributed by atoms with van der Waals surface area (Å²) in [7, 11) is 0. The number of nitrogens with one attached hydrogen (secondary N) is 1. The molecule has 1 aromatic rings. The molecule has 1 fully saturated rings. The molecule has 4 heteroatoms. The third-order valence-electron chi connectivity index (χ3n) is 2.40. The first kappa shape index (κ1) is 9.65. The van der Waals surface area contributed by atoms with Gasteiger partial charge in [-0.3, -0.25) is 0 Å². The van der Waals surface area contributed by atoms with Crippen molar-refractivity contribution >= 4 is 27.3 Å².